The molecule has 0 heterocycles. The van der Waals surface area contributed by atoms with E-state index in [-0.39, 0.29) is 46.0 Å². The largest absolute Gasteiger partial charge is 1.00 e. The smallest absolute Gasteiger partial charge is 0.872 e. The molecule has 2 rings (SSSR count). The Labute approximate surface area is 183 Å². The van der Waals surface area contributed by atoms with Gasteiger partial charge in [-0.15, -0.1) is 5.75 Å². The maximum atomic E-state index is 11.9. The van der Waals surface area contributed by atoms with E-state index in [0.717, 1.165) is 24.8 Å². The zero-order valence-corrected chi connectivity index (χ0v) is 18.8. The van der Waals surface area contributed by atoms with Gasteiger partial charge in [0.1, 0.15) is 11.5 Å². The normalized spacial score (nSPS) is 11.0. The summed E-state index contributed by atoms with van der Waals surface area (Å²) in [6.07, 6.45) is 7.89. The Morgan fingerprint density at radius 3 is 2.37 bits per heavy atom. The number of rotatable bonds is 10. The Kier molecular flexibility index (Phi) is 10.4. The topological polar surface area (TPSA) is 86.7 Å². The minimum absolute atomic E-state index is 0. The first-order chi connectivity index (χ1) is 12.4. The molecule has 2 aromatic carbocycles. The molecule has 27 heavy (non-hydrogen) atoms. The summed E-state index contributed by atoms with van der Waals surface area (Å²) in [5.41, 5.74) is 0.911. The van der Waals surface area contributed by atoms with Crippen molar-refractivity contribution < 1.29 is 52.4 Å². The van der Waals surface area contributed by atoms with Crippen molar-refractivity contribution in [3.8, 4) is 17.2 Å². The Morgan fingerprint density at radius 2 is 1.67 bits per heavy atom. The maximum Gasteiger partial charge on any atom is 1.00 e. The average molecular weight is 400 g/mol. The van der Waals surface area contributed by atoms with E-state index in [0.29, 0.717) is 5.75 Å². The van der Waals surface area contributed by atoms with E-state index in [4.69, 9.17) is 9.29 Å². The zero-order valence-electron chi connectivity index (χ0n) is 16.0. The molecule has 0 unspecified atom stereocenters. The number of benzene rings is 2. The van der Waals surface area contributed by atoms with Crippen LogP contribution in [0.1, 0.15) is 51.0 Å². The van der Waals surface area contributed by atoms with E-state index in [1.54, 1.807) is 18.2 Å². The van der Waals surface area contributed by atoms with Crippen LogP contribution in [0.25, 0.3) is 0 Å². The van der Waals surface area contributed by atoms with E-state index in [1.807, 2.05) is 0 Å². The van der Waals surface area contributed by atoms with Crippen molar-refractivity contribution in [1.29, 1.82) is 0 Å². The molecule has 0 amide bonds. The van der Waals surface area contributed by atoms with Crippen molar-refractivity contribution in [3.63, 3.8) is 0 Å². The van der Waals surface area contributed by atoms with Crippen LogP contribution >= 0.6 is 0 Å². The van der Waals surface area contributed by atoms with Gasteiger partial charge in [0, 0.05) is 6.07 Å². The first-order valence-corrected chi connectivity index (χ1v) is 10.4. The molecule has 0 saturated carbocycles. The molecule has 7 heteroatoms. The van der Waals surface area contributed by atoms with Crippen LogP contribution in [0.3, 0.4) is 0 Å². The molecule has 2 aromatic rings. The van der Waals surface area contributed by atoms with Gasteiger partial charge in [0.2, 0.25) is 0 Å². The molecule has 0 aliphatic rings. The molecule has 0 bridgehead atoms. The molecular formula is C20H25NaO5S. The minimum atomic E-state index is -4.30. The van der Waals surface area contributed by atoms with Crippen LogP contribution in [0, 0.1) is 0 Å². The van der Waals surface area contributed by atoms with Crippen LogP contribution in [0.5, 0.6) is 17.2 Å². The monoisotopic (exact) mass is 400 g/mol. The van der Waals surface area contributed by atoms with Gasteiger partial charge < -0.3 is 9.84 Å². The molecular weight excluding hydrogens is 375 g/mol. The van der Waals surface area contributed by atoms with Gasteiger partial charge >= 0.3 is 29.6 Å². The summed E-state index contributed by atoms with van der Waals surface area (Å²) in [6.45, 7) is 2.19. The number of aryl methyl sites for hydroxylation is 1. The summed E-state index contributed by atoms with van der Waals surface area (Å²) in [6, 6.07) is 10.3. The molecule has 5 nitrogen and oxygen atoms in total. The average Bonchev–Trinajstić information content (AvgIpc) is 2.57. The van der Waals surface area contributed by atoms with Crippen LogP contribution in [-0.4, -0.2) is 13.0 Å². The number of hydrogen-bond donors (Lipinski definition) is 1. The fourth-order valence-electron chi connectivity index (χ4n) is 2.78. The van der Waals surface area contributed by atoms with Crippen LogP contribution in [0.15, 0.2) is 47.4 Å². The maximum absolute atomic E-state index is 11.9. The number of hydrogen-bond acceptors (Lipinski definition) is 4. The first-order valence-electron chi connectivity index (χ1n) is 8.95. The fraction of sp³-hybridized carbons (Fsp3) is 0.400. The summed E-state index contributed by atoms with van der Waals surface area (Å²) in [7, 11) is -4.30. The van der Waals surface area contributed by atoms with E-state index in [9.17, 15) is 13.5 Å². The van der Waals surface area contributed by atoms with E-state index in [2.05, 4.69) is 6.92 Å². The van der Waals surface area contributed by atoms with Crippen molar-refractivity contribution in [2.45, 2.75) is 56.8 Å². The molecule has 0 aliphatic heterocycles. The Morgan fingerprint density at radius 1 is 0.963 bits per heavy atom. The molecule has 0 aromatic heterocycles. The second-order valence-electron chi connectivity index (χ2n) is 6.38. The first kappa shape index (κ1) is 24.0. The van der Waals surface area contributed by atoms with Gasteiger partial charge in [0.25, 0.3) is 10.1 Å². The molecule has 0 saturated heterocycles. The minimum Gasteiger partial charge on any atom is -0.872 e. The molecule has 142 valence electrons. The quantitative estimate of drug-likeness (QED) is 0.373. The summed E-state index contributed by atoms with van der Waals surface area (Å²) < 4.78 is 37.1. The fourth-order valence-corrected chi connectivity index (χ4v) is 3.29. The van der Waals surface area contributed by atoms with Gasteiger partial charge in [-0.2, -0.15) is 8.42 Å². The Bertz CT molecular complexity index is 821. The van der Waals surface area contributed by atoms with Crippen molar-refractivity contribution in [3.05, 3.63) is 48.0 Å². The molecule has 0 atom stereocenters. The van der Waals surface area contributed by atoms with E-state index < -0.39 is 10.1 Å². The predicted molar refractivity (Wildman–Crippen MR) is 99.3 cm³/mol. The third-order valence-corrected chi connectivity index (χ3v) is 4.95. The Hall–Kier alpha value is -1.05. The standard InChI is InChI=1S/C20H26O5S.Na/c1-2-3-4-5-6-7-9-16-12-17(21)14-19(13-16)25-18-10-8-11-20(15-18)26(22,23)24;/h8,10-15,21H,2-7,9H2,1H3,(H,22,23,24);/q;+1/p-1. The molecule has 1 N–H and O–H groups in total. The van der Waals surface area contributed by atoms with Crippen LogP contribution < -0.4 is 39.4 Å². The molecule has 0 radical (unpaired) electrons. The van der Waals surface area contributed by atoms with Gasteiger partial charge in [-0.25, -0.2) is 0 Å². The third kappa shape index (κ3) is 8.66. The van der Waals surface area contributed by atoms with Gasteiger partial charge in [-0.3, -0.25) is 4.55 Å². The van der Waals surface area contributed by atoms with Crippen molar-refractivity contribution in [1.82, 2.24) is 0 Å². The summed E-state index contributed by atoms with van der Waals surface area (Å²) in [4.78, 5) is -0.249. The van der Waals surface area contributed by atoms with Crippen molar-refractivity contribution in [2.24, 2.45) is 0 Å². The van der Waals surface area contributed by atoms with Gasteiger partial charge in [0.05, 0.1) is 4.90 Å². The van der Waals surface area contributed by atoms with Crippen LogP contribution in [-0.2, 0) is 16.5 Å². The second-order valence-corrected chi connectivity index (χ2v) is 7.80. The molecule has 0 spiro atoms. The third-order valence-electron chi connectivity index (χ3n) is 4.10. The summed E-state index contributed by atoms with van der Waals surface area (Å²) >= 11 is 0. The summed E-state index contributed by atoms with van der Waals surface area (Å²) in [5.74, 6) is 0.469. The SMILES string of the molecule is CCCCCCCCc1cc([O-])cc(Oc2cccc(S(=O)(=O)O)c2)c1.[Na+]. The Balaban J connectivity index is 0.00000364. The van der Waals surface area contributed by atoms with E-state index in [1.165, 1.54) is 49.9 Å². The number of ether oxygens (including phenoxy) is 1. The van der Waals surface area contributed by atoms with Crippen LogP contribution in [0.2, 0.25) is 0 Å². The van der Waals surface area contributed by atoms with Crippen molar-refractivity contribution >= 4 is 10.1 Å². The zero-order chi connectivity index (χ0) is 19.0. The summed E-state index contributed by atoms with van der Waals surface area (Å²) in [5, 5.41) is 11.9. The van der Waals surface area contributed by atoms with Gasteiger partial charge in [-0.1, -0.05) is 51.2 Å². The second kappa shape index (κ2) is 11.7. The molecule has 0 aliphatic carbocycles. The van der Waals surface area contributed by atoms with Crippen molar-refractivity contribution in [2.75, 3.05) is 0 Å². The van der Waals surface area contributed by atoms with E-state index >= 15 is 0 Å². The number of unbranched alkanes of at least 4 members (excludes halogenated alkanes) is 5. The predicted octanol–water partition coefficient (Wildman–Crippen LogP) is 1.71. The van der Waals surface area contributed by atoms with Crippen LogP contribution in [0.4, 0.5) is 0 Å². The molecule has 0 fully saturated rings. The van der Waals surface area contributed by atoms with Gasteiger partial charge in [0.15, 0.2) is 0 Å². The van der Waals surface area contributed by atoms with Gasteiger partial charge in [-0.05, 0) is 42.7 Å².